The van der Waals surface area contributed by atoms with Crippen molar-refractivity contribution in [3.05, 3.63) is 34.9 Å². The Hall–Kier alpha value is -1.88. The smallest absolute Gasteiger partial charge is 0.192 e. The van der Waals surface area contributed by atoms with E-state index in [1.54, 1.807) is 12.0 Å². The molecular formula is C20H29N3O2. The lowest BCUT2D eigenvalue weighted by Crippen LogP contribution is -2.48. The Kier molecular flexibility index (Phi) is 4.62. The molecule has 1 fully saturated rings. The zero-order valence-corrected chi connectivity index (χ0v) is 15.7. The van der Waals surface area contributed by atoms with Gasteiger partial charge in [-0.15, -0.1) is 0 Å². The lowest BCUT2D eigenvalue weighted by molar-refractivity contribution is -0.118. The normalized spacial score (nSPS) is 31.8. The first-order valence-electron chi connectivity index (χ1n) is 8.99. The van der Waals surface area contributed by atoms with Crippen molar-refractivity contribution >= 4 is 12.2 Å². The van der Waals surface area contributed by atoms with Gasteiger partial charge in [-0.3, -0.25) is 0 Å². The number of nitrogens with two attached hydrogens (primary N) is 1. The number of benzene rings is 1. The molecule has 2 aliphatic carbocycles. The second kappa shape index (κ2) is 6.45. The Morgan fingerprint density at radius 1 is 1.36 bits per heavy atom. The van der Waals surface area contributed by atoms with E-state index in [1.807, 2.05) is 14.1 Å². The number of aryl methyl sites for hydroxylation is 1. The summed E-state index contributed by atoms with van der Waals surface area (Å²) in [7, 11) is 5.49. The predicted octanol–water partition coefficient (Wildman–Crippen LogP) is 2.40. The lowest BCUT2D eigenvalue weighted by atomic mass is 9.62. The fraction of sp³-hybridized carbons (Fsp3) is 0.600. The van der Waals surface area contributed by atoms with Gasteiger partial charge in [-0.1, -0.05) is 23.8 Å². The molecule has 0 saturated heterocycles. The molecule has 2 N–H and O–H groups in total. The molecule has 0 bridgehead atoms. The van der Waals surface area contributed by atoms with Crippen LogP contribution in [0.4, 0.5) is 0 Å². The highest BCUT2D eigenvalue weighted by Crippen LogP contribution is 2.59. The molecule has 0 aliphatic heterocycles. The molecule has 25 heavy (non-hydrogen) atoms. The van der Waals surface area contributed by atoms with E-state index in [9.17, 15) is 4.79 Å². The Labute approximate surface area is 150 Å². The number of ether oxygens (including phenoxy) is 1. The Bertz CT molecular complexity index is 690. The molecule has 0 radical (unpaired) electrons. The molecule has 1 aromatic carbocycles. The van der Waals surface area contributed by atoms with Crippen LogP contribution in [0.5, 0.6) is 0 Å². The van der Waals surface area contributed by atoms with Gasteiger partial charge < -0.3 is 20.2 Å². The summed E-state index contributed by atoms with van der Waals surface area (Å²) >= 11 is 0. The van der Waals surface area contributed by atoms with Crippen molar-refractivity contribution in [2.75, 3.05) is 21.2 Å². The minimum absolute atomic E-state index is 0.208. The van der Waals surface area contributed by atoms with Gasteiger partial charge in [0.1, 0.15) is 0 Å². The maximum atomic E-state index is 12.6. The van der Waals surface area contributed by atoms with E-state index in [-0.39, 0.29) is 11.5 Å². The van der Waals surface area contributed by atoms with Crippen LogP contribution in [0.2, 0.25) is 0 Å². The Balaban J connectivity index is 2.16. The Morgan fingerprint density at radius 3 is 2.60 bits per heavy atom. The third kappa shape index (κ3) is 2.74. The van der Waals surface area contributed by atoms with Crippen molar-refractivity contribution in [2.24, 2.45) is 16.1 Å². The molecule has 1 saturated carbocycles. The van der Waals surface area contributed by atoms with Crippen molar-refractivity contribution in [1.82, 2.24) is 4.90 Å². The highest BCUT2D eigenvalue weighted by Gasteiger charge is 2.59. The number of methoxy groups -OCH3 is 1. The van der Waals surface area contributed by atoms with E-state index in [4.69, 9.17) is 15.5 Å². The molecule has 1 spiro atoms. The number of rotatable bonds is 3. The van der Waals surface area contributed by atoms with Gasteiger partial charge in [-0.05, 0) is 50.2 Å². The monoisotopic (exact) mass is 343 g/mol. The fourth-order valence-electron chi connectivity index (χ4n) is 4.60. The molecule has 3 rings (SSSR count). The van der Waals surface area contributed by atoms with Crippen molar-refractivity contribution in [1.29, 1.82) is 0 Å². The molecule has 5 heteroatoms. The summed E-state index contributed by atoms with van der Waals surface area (Å²) < 4.78 is 5.55. The number of carbonyl (C=O) groups is 1. The van der Waals surface area contributed by atoms with Crippen molar-refractivity contribution < 1.29 is 9.53 Å². The van der Waals surface area contributed by atoms with Crippen LogP contribution in [-0.4, -0.2) is 44.5 Å². The first-order chi connectivity index (χ1) is 11.9. The minimum atomic E-state index is -0.901. The van der Waals surface area contributed by atoms with E-state index >= 15 is 0 Å². The summed E-state index contributed by atoms with van der Waals surface area (Å²) in [4.78, 5) is 19.2. The van der Waals surface area contributed by atoms with Gasteiger partial charge in [-0.25, -0.2) is 4.99 Å². The van der Waals surface area contributed by atoms with Crippen molar-refractivity contribution in [3.63, 3.8) is 0 Å². The number of fused-ring (bicyclic) bond motifs is 1. The van der Waals surface area contributed by atoms with Crippen LogP contribution in [0, 0.1) is 12.3 Å². The number of guanidine groups is 1. The number of nitrogens with zero attached hydrogens (tertiary/aromatic N) is 2. The fourth-order valence-corrected chi connectivity index (χ4v) is 4.60. The first kappa shape index (κ1) is 17.9. The highest BCUT2D eigenvalue weighted by atomic mass is 16.5. The number of carbonyl (C=O) groups excluding carboxylic acids is 1. The minimum Gasteiger partial charge on any atom is -0.381 e. The number of aldehydes is 1. The molecule has 2 aliphatic rings. The molecule has 136 valence electrons. The molecule has 0 amide bonds. The van der Waals surface area contributed by atoms with E-state index in [1.165, 1.54) is 5.56 Å². The summed E-state index contributed by atoms with van der Waals surface area (Å²) in [5.41, 5.74) is 8.48. The maximum absolute atomic E-state index is 12.6. The maximum Gasteiger partial charge on any atom is 0.192 e. The van der Waals surface area contributed by atoms with E-state index in [0.29, 0.717) is 5.96 Å². The van der Waals surface area contributed by atoms with Crippen LogP contribution < -0.4 is 5.73 Å². The Morgan fingerprint density at radius 2 is 2.04 bits per heavy atom. The quantitative estimate of drug-likeness (QED) is 0.520. The SMILES string of the molecule is COC1CCC2(CC1)Cc1ccc(C)cc1C2(C=O)N=C(N)N(C)C. The zero-order valence-electron chi connectivity index (χ0n) is 15.7. The number of hydrogen-bond donors (Lipinski definition) is 1. The number of aliphatic imine (C=N–C) groups is 1. The van der Waals surface area contributed by atoms with Crippen LogP contribution in [0.1, 0.15) is 42.4 Å². The van der Waals surface area contributed by atoms with E-state index in [0.717, 1.165) is 49.5 Å². The average Bonchev–Trinajstić information content (AvgIpc) is 2.85. The lowest BCUT2D eigenvalue weighted by Gasteiger charge is -2.45. The van der Waals surface area contributed by atoms with Gasteiger partial charge in [0.25, 0.3) is 0 Å². The van der Waals surface area contributed by atoms with Gasteiger partial charge in [0.2, 0.25) is 0 Å². The van der Waals surface area contributed by atoms with Crippen LogP contribution in [0.15, 0.2) is 23.2 Å². The van der Waals surface area contributed by atoms with Crippen LogP contribution in [0.25, 0.3) is 0 Å². The van der Waals surface area contributed by atoms with Crippen molar-refractivity contribution in [2.45, 2.75) is 50.7 Å². The van der Waals surface area contributed by atoms with E-state index in [2.05, 4.69) is 25.1 Å². The van der Waals surface area contributed by atoms with Crippen LogP contribution in [-0.2, 0) is 21.5 Å². The van der Waals surface area contributed by atoms with E-state index < -0.39 is 5.54 Å². The second-order valence-corrected chi connectivity index (χ2v) is 7.80. The van der Waals surface area contributed by atoms with Crippen LogP contribution in [0.3, 0.4) is 0 Å². The predicted molar refractivity (Wildman–Crippen MR) is 99.6 cm³/mol. The standard InChI is InChI=1S/C20H29N3O2/c1-14-5-6-15-12-19(9-7-16(25-4)8-10-19)20(13-24,17(15)11-14)22-18(21)23(2)3/h5-6,11,13,16H,7-10,12H2,1-4H3,(H2,21,22). The largest absolute Gasteiger partial charge is 0.381 e. The molecule has 0 aromatic heterocycles. The second-order valence-electron chi connectivity index (χ2n) is 7.80. The van der Waals surface area contributed by atoms with Crippen LogP contribution >= 0.6 is 0 Å². The topological polar surface area (TPSA) is 67.9 Å². The van der Waals surface area contributed by atoms with Gasteiger partial charge in [-0.2, -0.15) is 0 Å². The third-order valence-corrected chi connectivity index (χ3v) is 6.16. The summed E-state index contributed by atoms with van der Waals surface area (Å²) in [5, 5.41) is 0. The van der Waals surface area contributed by atoms with Gasteiger partial charge in [0.15, 0.2) is 17.8 Å². The van der Waals surface area contributed by atoms with Gasteiger partial charge >= 0.3 is 0 Å². The molecule has 0 heterocycles. The highest BCUT2D eigenvalue weighted by molar-refractivity contribution is 5.84. The molecular weight excluding hydrogens is 314 g/mol. The summed E-state index contributed by atoms with van der Waals surface area (Å²) in [6.45, 7) is 2.06. The summed E-state index contributed by atoms with van der Waals surface area (Å²) in [6, 6.07) is 6.39. The summed E-state index contributed by atoms with van der Waals surface area (Å²) in [6.07, 6.45) is 5.94. The molecule has 1 unspecified atom stereocenters. The molecule has 1 atom stereocenters. The zero-order chi connectivity index (χ0) is 18.2. The molecule has 5 nitrogen and oxygen atoms in total. The average molecular weight is 343 g/mol. The number of hydrogen-bond acceptors (Lipinski definition) is 3. The van der Waals surface area contributed by atoms with Gasteiger partial charge in [0, 0.05) is 26.6 Å². The van der Waals surface area contributed by atoms with Gasteiger partial charge in [0.05, 0.1) is 6.10 Å². The van der Waals surface area contributed by atoms with Crippen molar-refractivity contribution in [3.8, 4) is 0 Å². The summed E-state index contributed by atoms with van der Waals surface area (Å²) in [5.74, 6) is 0.398. The third-order valence-electron chi connectivity index (χ3n) is 6.16. The molecule has 1 aromatic rings. The first-order valence-corrected chi connectivity index (χ1v) is 8.99.